The van der Waals surface area contributed by atoms with Crippen LogP contribution in [0, 0.1) is 6.92 Å². The first-order chi connectivity index (χ1) is 14.0. The molecule has 1 aliphatic rings. The predicted octanol–water partition coefficient (Wildman–Crippen LogP) is 8.20. The molecule has 154 valence electrons. The SMILES string of the molecule is Cc1ccccc1-c1nccn1-c1c(C(C)C)sc(C2CCCCC2)c1C(C)C. The van der Waals surface area contributed by atoms with Crippen molar-refractivity contribution < 1.29 is 0 Å². The van der Waals surface area contributed by atoms with Gasteiger partial charge < -0.3 is 0 Å². The lowest BCUT2D eigenvalue weighted by Gasteiger charge is -2.23. The number of imidazole rings is 1. The molecule has 0 N–H and O–H groups in total. The third-order valence-corrected chi connectivity index (χ3v) is 7.98. The number of rotatable bonds is 5. The van der Waals surface area contributed by atoms with Crippen molar-refractivity contribution >= 4 is 11.3 Å². The average Bonchev–Trinajstić information content (AvgIpc) is 3.33. The van der Waals surface area contributed by atoms with E-state index in [9.17, 15) is 0 Å². The van der Waals surface area contributed by atoms with Crippen LogP contribution in [-0.2, 0) is 0 Å². The summed E-state index contributed by atoms with van der Waals surface area (Å²) < 4.78 is 2.38. The molecule has 2 heterocycles. The second kappa shape index (κ2) is 8.47. The molecule has 2 aromatic heterocycles. The summed E-state index contributed by atoms with van der Waals surface area (Å²) in [6, 6.07) is 8.61. The quantitative estimate of drug-likeness (QED) is 0.417. The Bertz CT molecular complexity index is 971. The van der Waals surface area contributed by atoms with Gasteiger partial charge in [0.25, 0.3) is 0 Å². The van der Waals surface area contributed by atoms with E-state index in [1.807, 2.05) is 6.20 Å². The molecule has 0 aliphatic heterocycles. The molecular formula is C26H34N2S. The maximum absolute atomic E-state index is 4.81. The average molecular weight is 407 g/mol. The van der Waals surface area contributed by atoms with Gasteiger partial charge in [-0.2, -0.15) is 0 Å². The van der Waals surface area contributed by atoms with Crippen LogP contribution in [0.4, 0.5) is 0 Å². The van der Waals surface area contributed by atoms with Crippen LogP contribution in [-0.4, -0.2) is 9.55 Å². The van der Waals surface area contributed by atoms with Crippen molar-refractivity contribution in [3.05, 3.63) is 57.5 Å². The fourth-order valence-electron chi connectivity index (χ4n) is 4.84. The molecule has 1 aromatic carbocycles. The van der Waals surface area contributed by atoms with E-state index < -0.39 is 0 Å². The molecule has 3 heteroatoms. The Balaban J connectivity index is 1.94. The fraction of sp³-hybridized carbons (Fsp3) is 0.500. The summed E-state index contributed by atoms with van der Waals surface area (Å²) in [7, 11) is 0. The number of aromatic nitrogens is 2. The second-order valence-electron chi connectivity index (χ2n) is 9.17. The monoisotopic (exact) mass is 406 g/mol. The maximum Gasteiger partial charge on any atom is 0.144 e. The van der Waals surface area contributed by atoms with Gasteiger partial charge >= 0.3 is 0 Å². The number of hydrogen-bond acceptors (Lipinski definition) is 2. The summed E-state index contributed by atoms with van der Waals surface area (Å²) in [5.41, 5.74) is 5.49. The number of nitrogens with zero attached hydrogens (tertiary/aromatic N) is 2. The molecule has 0 atom stereocenters. The summed E-state index contributed by atoms with van der Waals surface area (Å²) in [6.07, 6.45) is 11.0. The van der Waals surface area contributed by atoms with Crippen molar-refractivity contribution in [2.75, 3.05) is 0 Å². The highest BCUT2D eigenvalue weighted by Crippen LogP contribution is 2.48. The van der Waals surface area contributed by atoms with Gasteiger partial charge in [0, 0.05) is 27.7 Å². The molecule has 0 amide bonds. The van der Waals surface area contributed by atoms with E-state index >= 15 is 0 Å². The van der Waals surface area contributed by atoms with Crippen molar-refractivity contribution in [2.24, 2.45) is 0 Å². The van der Waals surface area contributed by atoms with Gasteiger partial charge in [0.15, 0.2) is 0 Å². The van der Waals surface area contributed by atoms with Crippen molar-refractivity contribution in [3.8, 4) is 17.1 Å². The first-order valence-electron chi connectivity index (χ1n) is 11.2. The Morgan fingerprint density at radius 3 is 2.38 bits per heavy atom. The van der Waals surface area contributed by atoms with Crippen molar-refractivity contribution in [3.63, 3.8) is 0 Å². The van der Waals surface area contributed by atoms with E-state index in [0.717, 1.165) is 11.7 Å². The Kier molecular flexibility index (Phi) is 5.96. The Morgan fingerprint density at radius 1 is 1.00 bits per heavy atom. The summed E-state index contributed by atoms with van der Waals surface area (Å²) in [5, 5.41) is 0. The molecule has 1 saturated carbocycles. The number of hydrogen-bond donors (Lipinski definition) is 0. The molecule has 0 unspecified atom stereocenters. The maximum atomic E-state index is 4.81. The lowest BCUT2D eigenvalue weighted by molar-refractivity contribution is 0.445. The molecule has 0 saturated heterocycles. The molecule has 1 aliphatic carbocycles. The third-order valence-electron chi connectivity index (χ3n) is 6.32. The lowest BCUT2D eigenvalue weighted by atomic mass is 9.84. The van der Waals surface area contributed by atoms with E-state index in [-0.39, 0.29) is 0 Å². The first-order valence-corrected chi connectivity index (χ1v) is 12.1. The van der Waals surface area contributed by atoms with Crippen LogP contribution in [0.3, 0.4) is 0 Å². The molecule has 1 fully saturated rings. The van der Waals surface area contributed by atoms with E-state index in [4.69, 9.17) is 4.98 Å². The Labute approximate surface area is 180 Å². The standard InChI is InChI=1S/C26H34N2S/c1-17(2)22-23(24(18(3)4)29-25(22)20-12-7-6-8-13-20)28-16-15-27-26(28)21-14-10-9-11-19(21)5/h9-11,14-18,20H,6-8,12-13H2,1-5H3. The molecule has 4 rings (SSSR count). The normalized spacial score (nSPS) is 15.6. The highest BCUT2D eigenvalue weighted by atomic mass is 32.1. The minimum absolute atomic E-state index is 0.511. The number of thiophene rings is 1. The zero-order chi connectivity index (χ0) is 20.5. The molecule has 29 heavy (non-hydrogen) atoms. The van der Waals surface area contributed by atoms with Gasteiger partial charge in [-0.05, 0) is 48.6 Å². The number of aryl methyl sites for hydroxylation is 1. The summed E-state index contributed by atoms with van der Waals surface area (Å²) in [5.74, 6) is 2.83. The molecule has 2 nitrogen and oxygen atoms in total. The predicted molar refractivity (Wildman–Crippen MR) is 126 cm³/mol. The Morgan fingerprint density at radius 2 is 1.72 bits per heavy atom. The van der Waals surface area contributed by atoms with Crippen LogP contribution in [0.2, 0.25) is 0 Å². The molecular weight excluding hydrogens is 372 g/mol. The minimum Gasteiger partial charge on any atom is -0.298 e. The van der Waals surface area contributed by atoms with E-state index in [2.05, 4.69) is 81.0 Å². The van der Waals surface area contributed by atoms with Gasteiger partial charge in [0.1, 0.15) is 5.82 Å². The highest BCUT2D eigenvalue weighted by molar-refractivity contribution is 7.12. The second-order valence-corrected chi connectivity index (χ2v) is 10.3. The minimum atomic E-state index is 0.511. The Hall–Kier alpha value is -1.87. The zero-order valence-electron chi connectivity index (χ0n) is 18.5. The van der Waals surface area contributed by atoms with Gasteiger partial charge in [0.05, 0.1) is 5.69 Å². The van der Waals surface area contributed by atoms with E-state index in [0.29, 0.717) is 11.8 Å². The van der Waals surface area contributed by atoms with Gasteiger partial charge in [-0.1, -0.05) is 71.2 Å². The largest absolute Gasteiger partial charge is 0.298 e. The van der Waals surface area contributed by atoms with Crippen LogP contribution in [0.25, 0.3) is 17.1 Å². The highest BCUT2D eigenvalue weighted by Gasteiger charge is 2.29. The summed E-state index contributed by atoms with van der Waals surface area (Å²) in [4.78, 5) is 7.99. The van der Waals surface area contributed by atoms with E-state index in [1.54, 1.807) is 10.4 Å². The smallest absolute Gasteiger partial charge is 0.144 e. The van der Waals surface area contributed by atoms with Crippen LogP contribution >= 0.6 is 11.3 Å². The third kappa shape index (κ3) is 3.82. The molecule has 0 bridgehead atoms. The lowest BCUT2D eigenvalue weighted by Crippen LogP contribution is -2.08. The van der Waals surface area contributed by atoms with Gasteiger partial charge in [0.2, 0.25) is 0 Å². The van der Waals surface area contributed by atoms with E-state index in [1.165, 1.54) is 53.8 Å². The van der Waals surface area contributed by atoms with Crippen LogP contribution in [0.15, 0.2) is 36.7 Å². The van der Waals surface area contributed by atoms with Gasteiger partial charge in [-0.15, -0.1) is 11.3 Å². The fourth-order valence-corrected chi connectivity index (χ4v) is 6.47. The summed E-state index contributed by atoms with van der Waals surface area (Å²) in [6.45, 7) is 11.6. The van der Waals surface area contributed by atoms with Crippen LogP contribution in [0.1, 0.15) is 98.4 Å². The first kappa shape index (κ1) is 20.4. The van der Waals surface area contributed by atoms with Gasteiger partial charge in [-0.3, -0.25) is 4.57 Å². The number of benzene rings is 1. The van der Waals surface area contributed by atoms with Crippen LogP contribution in [0.5, 0.6) is 0 Å². The molecule has 3 aromatic rings. The zero-order valence-corrected chi connectivity index (χ0v) is 19.4. The molecule has 0 spiro atoms. The van der Waals surface area contributed by atoms with Crippen LogP contribution < -0.4 is 0 Å². The van der Waals surface area contributed by atoms with Crippen molar-refractivity contribution in [1.29, 1.82) is 0 Å². The molecule has 0 radical (unpaired) electrons. The topological polar surface area (TPSA) is 17.8 Å². The van der Waals surface area contributed by atoms with Gasteiger partial charge in [-0.25, -0.2) is 4.98 Å². The van der Waals surface area contributed by atoms with Crippen molar-refractivity contribution in [2.45, 2.75) is 84.5 Å². The van der Waals surface area contributed by atoms with Crippen molar-refractivity contribution in [1.82, 2.24) is 9.55 Å². The summed E-state index contributed by atoms with van der Waals surface area (Å²) >= 11 is 2.09.